The first kappa shape index (κ1) is 18.7. The van der Waals surface area contributed by atoms with Crippen molar-refractivity contribution in [3.63, 3.8) is 0 Å². The average molecular weight is 386 g/mol. The number of hydrogen-bond donors (Lipinski definition) is 0. The van der Waals surface area contributed by atoms with Crippen LogP contribution in [0.15, 0.2) is 53.7 Å². The summed E-state index contributed by atoms with van der Waals surface area (Å²) in [6.07, 6.45) is 0.961. The molecule has 3 rings (SSSR count). The van der Waals surface area contributed by atoms with Crippen LogP contribution in [0.3, 0.4) is 0 Å². The average Bonchev–Trinajstić information content (AvgIpc) is 3.02. The number of nitrogens with zero attached hydrogens (tertiary/aromatic N) is 3. The van der Waals surface area contributed by atoms with Crippen molar-refractivity contribution < 1.29 is 4.79 Å². The maximum Gasteiger partial charge on any atom is 0.191 e. The first-order chi connectivity index (χ1) is 12.5. The Labute approximate surface area is 162 Å². The van der Waals surface area contributed by atoms with E-state index in [2.05, 4.69) is 17.1 Å². The molecular formula is C20H20ClN3OS. The number of Topliss-reactive ketones (excluding diaryl/α,β-unsaturated/α-hetero) is 1. The standard InChI is InChI=1S/C20H20ClN3OS/c1-4-14-9-11-15(12-10-14)18(25)13(2)26-20-23-22-19(24(20)3)16-7-5-6-8-17(16)21/h5-13H,4H2,1-3H3/t13-/m0/s1. The molecule has 1 atom stereocenters. The Morgan fingerprint density at radius 3 is 2.50 bits per heavy atom. The summed E-state index contributed by atoms with van der Waals surface area (Å²) in [6.45, 7) is 3.99. The Bertz CT molecular complexity index is 921. The molecule has 0 aliphatic carbocycles. The summed E-state index contributed by atoms with van der Waals surface area (Å²) in [6, 6.07) is 15.3. The first-order valence-corrected chi connectivity index (χ1v) is 9.71. The van der Waals surface area contributed by atoms with E-state index in [-0.39, 0.29) is 11.0 Å². The van der Waals surface area contributed by atoms with Gasteiger partial charge in [0.25, 0.3) is 0 Å². The van der Waals surface area contributed by atoms with Gasteiger partial charge < -0.3 is 4.57 Å². The highest BCUT2D eigenvalue weighted by atomic mass is 35.5. The van der Waals surface area contributed by atoms with Crippen LogP contribution in [0.2, 0.25) is 5.02 Å². The number of aromatic nitrogens is 3. The number of benzene rings is 2. The summed E-state index contributed by atoms with van der Waals surface area (Å²) in [5, 5.41) is 9.54. The van der Waals surface area contributed by atoms with Crippen LogP contribution in [-0.4, -0.2) is 25.8 Å². The predicted octanol–water partition coefficient (Wildman–Crippen LogP) is 5.06. The fourth-order valence-electron chi connectivity index (χ4n) is 2.65. The Hall–Kier alpha value is -2.11. The van der Waals surface area contributed by atoms with Crippen molar-refractivity contribution in [2.45, 2.75) is 30.7 Å². The molecule has 1 aromatic heterocycles. The highest BCUT2D eigenvalue weighted by Crippen LogP contribution is 2.30. The maximum absolute atomic E-state index is 12.7. The summed E-state index contributed by atoms with van der Waals surface area (Å²) < 4.78 is 1.87. The molecular weight excluding hydrogens is 366 g/mol. The highest BCUT2D eigenvalue weighted by molar-refractivity contribution is 8.00. The lowest BCUT2D eigenvalue weighted by Crippen LogP contribution is -2.14. The first-order valence-electron chi connectivity index (χ1n) is 8.45. The third-order valence-corrected chi connectivity index (χ3v) is 5.71. The molecule has 4 nitrogen and oxygen atoms in total. The van der Waals surface area contributed by atoms with Gasteiger partial charge in [0, 0.05) is 18.2 Å². The van der Waals surface area contributed by atoms with Crippen molar-refractivity contribution in [3.05, 3.63) is 64.7 Å². The molecule has 3 aromatic rings. The maximum atomic E-state index is 12.7. The normalized spacial score (nSPS) is 12.2. The van der Waals surface area contributed by atoms with E-state index in [0.29, 0.717) is 16.0 Å². The van der Waals surface area contributed by atoms with Crippen LogP contribution < -0.4 is 0 Å². The van der Waals surface area contributed by atoms with E-state index in [0.717, 1.165) is 17.5 Å². The molecule has 0 spiro atoms. The number of halogens is 1. The van der Waals surface area contributed by atoms with Crippen LogP contribution in [0.1, 0.15) is 29.8 Å². The van der Waals surface area contributed by atoms with Crippen LogP contribution in [-0.2, 0) is 13.5 Å². The van der Waals surface area contributed by atoms with Crippen molar-refractivity contribution in [3.8, 4) is 11.4 Å². The Balaban J connectivity index is 1.78. The smallest absolute Gasteiger partial charge is 0.191 e. The third kappa shape index (κ3) is 3.84. The lowest BCUT2D eigenvalue weighted by atomic mass is 10.1. The minimum atomic E-state index is -0.260. The minimum absolute atomic E-state index is 0.0833. The fourth-order valence-corrected chi connectivity index (χ4v) is 3.76. The van der Waals surface area contributed by atoms with Gasteiger partial charge in [-0.15, -0.1) is 10.2 Å². The van der Waals surface area contributed by atoms with Crippen molar-refractivity contribution in [1.82, 2.24) is 14.8 Å². The number of rotatable bonds is 6. The van der Waals surface area contributed by atoms with Crippen LogP contribution in [0, 0.1) is 0 Å². The second-order valence-electron chi connectivity index (χ2n) is 6.02. The lowest BCUT2D eigenvalue weighted by Gasteiger charge is -2.11. The van der Waals surface area contributed by atoms with Gasteiger partial charge in [-0.25, -0.2) is 0 Å². The van der Waals surface area contributed by atoms with Crippen LogP contribution in [0.25, 0.3) is 11.4 Å². The molecule has 0 radical (unpaired) electrons. The Kier molecular flexibility index (Phi) is 5.79. The van der Waals surface area contributed by atoms with Gasteiger partial charge in [-0.3, -0.25) is 4.79 Å². The molecule has 1 heterocycles. The summed E-state index contributed by atoms with van der Waals surface area (Å²) in [5.74, 6) is 0.769. The molecule has 0 aliphatic heterocycles. The molecule has 0 fully saturated rings. The van der Waals surface area contributed by atoms with Gasteiger partial charge in [0.05, 0.1) is 10.3 Å². The Morgan fingerprint density at radius 2 is 1.85 bits per heavy atom. The molecule has 0 bridgehead atoms. The zero-order valence-corrected chi connectivity index (χ0v) is 16.5. The van der Waals surface area contributed by atoms with Crippen molar-refractivity contribution >= 4 is 29.1 Å². The van der Waals surface area contributed by atoms with Gasteiger partial charge in [-0.2, -0.15) is 0 Å². The number of hydrogen-bond acceptors (Lipinski definition) is 4. The van der Waals surface area contributed by atoms with Crippen molar-refractivity contribution in [1.29, 1.82) is 0 Å². The van der Waals surface area contributed by atoms with Gasteiger partial charge in [0.1, 0.15) is 0 Å². The summed E-state index contributed by atoms with van der Waals surface area (Å²) in [7, 11) is 1.88. The highest BCUT2D eigenvalue weighted by Gasteiger charge is 2.21. The molecule has 0 saturated carbocycles. The molecule has 2 aromatic carbocycles. The summed E-state index contributed by atoms with van der Waals surface area (Å²) >= 11 is 7.66. The topological polar surface area (TPSA) is 47.8 Å². The molecule has 26 heavy (non-hydrogen) atoms. The molecule has 134 valence electrons. The van der Waals surface area contributed by atoms with Crippen molar-refractivity contribution in [2.24, 2.45) is 7.05 Å². The van der Waals surface area contributed by atoms with Crippen LogP contribution in [0.4, 0.5) is 0 Å². The largest absolute Gasteiger partial charge is 0.305 e. The molecule has 0 N–H and O–H groups in total. The number of carbonyl (C=O) groups excluding carboxylic acids is 1. The SMILES string of the molecule is CCc1ccc(C(=O)[C@H](C)Sc2nnc(-c3ccccc3Cl)n2C)cc1. The predicted molar refractivity (Wildman–Crippen MR) is 107 cm³/mol. The van der Waals surface area contributed by atoms with Crippen LogP contribution in [0.5, 0.6) is 0 Å². The quantitative estimate of drug-likeness (QED) is 0.439. The van der Waals surface area contributed by atoms with Gasteiger partial charge in [0.15, 0.2) is 16.8 Å². The second-order valence-corrected chi connectivity index (χ2v) is 7.74. The zero-order chi connectivity index (χ0) is 18.7. The van der Waals surface area contributed by atoms with Gasteiger partial charge in [0.2, 0.25) is 0 Å². The van der Waals surface area contributed by atoms with E-state index in [4.69, 9.17) is 11.6 Å². The number of carbonyl (C=O) groups is 1. The van der Waals surface area contributed by atoms with E-state index in [9.17, 15) is 4.79 Å². The summed E-state index contributed by atoms with van der Waals surface area (Å²) in [5.41, 5.74) is 2.76. The number of aryl methyl sites for hydroxylation is 1. The molecule has 0 saturated heterocycles. The van der Waals surface area contributed by atoms with E-state index >= 15 is 0 Å². The van der Waals surface area contributed by atoms with E-state index in [1.54, 1.807) is 0 Å². The van der Waals surface area contributed by atoms with Crippen LogP contribution >= 0.6 is 23.4 Å². The van der Waals surface area contributed by atoms with Crippen molar-refractivity contribution in [2.75, 3.05) is 0 Å². The van der Waals surface area contributed by atoms with E-state index in [1.165, 1.54) is 17.3 Å². The summed E-state index contributed by atoms with van der Waals surface area (Å²) in [4.78, 5) is 12.7. The molecule has 0 unspecified atom stereocenters. The molecule has 6 heteroatoms. The minimum Gasteiger partial charge on any atom is -0.305 e. The van der Waals surface area contributed by atoms with Gasteiger partial charge >= 0.3 is 0 Å². The monoisotopic (exact) mass is 385 g/mol. The third-order valence-electron chi connectivity index (χ3n) is 4.25. The van der Waals surface area contributed by atoms with Gasteiger partial charge in [-0.05, 0) is 31.0 Å². The second kappa shape index (κ2) is 8.06. The van der Waals surface area contributed by atoms with E-state index in [1.807, 2.05) is 67.1 Å². The lowest BCUT2D eigenvalue weighted by molar-refractivity contribution is 0.0994. The molecule has 0 aliphatic rings. The number of ketones is 1. The zero-order valence-electron chi connectivity index (χ0n) is 14.9. The van der Waals surface area contributed by atoms with Gasteiger partial charge in [-0.1, -0.05) is 66.7 Å². The van der Waals surface area contributed by atoms with E-state index < -0.39 is 0 Å². The fraction of sp³-hybridized carbons (Fsp3) is 0.250. The Morgan fingerprint density at radius 1 is 1.15 bits per heavy atom. The number of thioether (sulfide) groups is 1. The molecule has 0 amide bonds.